The van der Waals surface area contributed by atoms with Crippen LogP contribution < -0.4 is 5.32 Å². The maximum Gasteiger partial charge on any atom is 0.340 e. The van der Waals surface area contributed by atoms with E-state index in [9.17, 15) is 9.59 Å². The maximum atomic E-state index is 12.5. The van der Waals surface area contributed by atoms with Crippen LogP contribution in [0.1, 0.15) is 66.5 Å². The van der Waals surface area contributed by atoms with Gasteiger partial charge in [-0.3, -0.25) is 4.79 Å². The molecule has 0 atom stereocenters. The zero-order valence-electron chi connectivity index (χ0n) is 17.9. The van der Waals surface area contributed by atoms with Crippen molar-refractivity contribution in [2.45, 2.75) is 70.5 Å². The minimum Gasteiger partial charge on any atom is -0.465 e. The number of rotatable bonds is 9. The Hall–Kier alpha value is -1.87. The molecule has 2 heterocycles. The second kappa shape index (κ2) is 10.9. The number of thioether (sulfide) groups is 1. The van der Waals surface area contributed by atoms with E-state index in [0.717, 1.165) is 41.2 Å². The van der Waals surface area contributed by atoms with Crippen molar-refractivity contribution in [2.75, 3.05) is 18.2 Å². The second-order valence-electron chi connectivity index (χ2n) is 7.61. The summed E-state index contributed by atoms with van der Waals surface area (Å²) in [6.45, 7) is 4.75. The predicted octanol–water partition coefficient (Wildman–Crippen LogP) is 4.70. The van der Waals surface area contributed by atoms with Crippen LogP contribution in [0.3, 0.4) is 0 Å². The Bertz CT molecular complexity index is 872. The van der Waals surface area contributed by atoms with E-state index in [1.54, 1.807) is 6.07 Å². The fraction of sp³-hybridized carbons (Fsp3) is 0.619. The molecule has 1 N–H and O–H groups in total. The van der Waals surface area contributed by atoms with Crippen molar-refractivity contribution in [3.63, 3.8) is 0 Å². The summed E-state index contributed by atoms with van der Waals surface area (Å²) < 4.78 is 6.90. The van der Waals surface area contributed by atoms with Gasteiger partial charge in [0.05, 0.1) is 18.4 Å². The highest BCUT2D eigenvalue weighted by atomic mass is 32.2. The molecule has 1 aliphatic carbocycles. The third-order valence-corrected chi connectivity index (χ3v) is 7.39. The molecule has 7 nitrogen and oxygen atoms in total. The van der Waals surface area contributed by atoms with Gasteiger partial charge in [0.15, 0.2) is 5.16 Å². The molecule has 1 fully saturated rings. The molecule has 1 amide bonds. The number of esters is 1. The van der Waals surface area contributed by atoms with E-state index in [1.807, 2.05) is 6.92 Å². The number of anilines is 1. The Morgan fingerprint density at radius 1 is 1.30 bits per heavy atom. The van der Waals surface area contributed by atoms with Crippen LogP contribution in [0.15, 0.2) is 11.2 Å². The van der Waals surface area contributed by atoms with Gasteiger partial charge >= 0.3 is 5.97 Å². The Balaban J connectivity index is 1.56. The van der Waals surface area contributed by atoms with Crippen molar-refractivity contribution in [3.8, 4) is 0 Å². The first-order chi connectivity index (χ1) is 14.5. The van der Waals surface area contributed by atoms with Crippen LogP contribution in [0.4, 0.5) is 5.00 Å². The molecule has 30 heavy (non-hydrogen) atoms. The van der Waals surface area contributed by atoms with Gasteiger partial charge in [0, 0.05) is 17.8 Å². The van der Waals surface area contributed by atoms with Crippen LogP contribution in [-0.4, -0.2) is 39.5 Å². The third kappa shape index (κ3) is 5.85. The molecule has 0 spiro atoms. The number of hydrogen-bond acceptors (Lipinski definition) is 7. The fourth-order valence-corrected chi connectivity index (χ4v) is 5.64. The highest BCUT2D eigenvalue weighted by molar-refractivity contribution is 7.99. The molecule has 0 bridgehead atoms. The molecule has 1 saturated carbocycles. The van der Waals surface area contributed by atoms with E-state index in [-0.39, 0.29) is 11.7 Å². The molecule has 2 aromatic heterocycles. The van der Waals surface area contributed by atoms with Gasteiger partial charge in [-0.1, -0.05) is 43.9 Å². The van der Waals surface area contributed by atoms with Crippen molar-refractivity contribution in [3.05, 3.63) is 22.3 Å². The smallest absolute Gasteiger partial charge is 0.340 e. The second-order valence-corrected chi connectivity index (χ2v) is 9.81. The maximum absolute atomic E-state index is 12.5. The first-order valence-electron chi connectivity index (χ1n) is 10.5. The van der Waals surface area contributed by atoms with Crippen molar-refractivity contribution in [2.24, 2.45) is 5.92 Å². The third-order valence-electron chi connectivity index (χ3n) is 5.46. The number of ether oxygens (including phenoxy) is 1. The van der Waals surface area contributed by atoms with Gasteiger partial charge in [-0.25, -0.2) is 4.79 Å². The molecule has 0 aromatic carbocycles. The number of carbonyl (C=O) groups is 2. The topological polar surface area (TPSA) is 86.1 Å². The minimum absolute atomic E-state index is 0.179. The normalized spacial score (nSPS) is 14.6. The van der Waals surface area contributed by atoms with Crippen LogP contribution in [0.5, 0.6) is 0 Å². The van der Waals surface area contributed by atoms with Crippen LogP contribution in [0.2, 0.25) is 0 Å². The highest BCUT2D eigenvalue weighted by Gasteiger charge is 2.19. The summed E-state index contributed by atoms with van der Waals surface area (Å²) in [6.07, 6.45) is 8.84. The molecule has 0 aliphatic heterocycles. The van der Waals surface area contributed by atoms with Gasteiger partial charge in [0.1, 0.15) is 10.8 Å². The number of nitrogens with one attached hydrogen (secondary N) is 1. The number of thiophene rings is 1. The zero-order chi connectivity index (χ0) is 21.5. The standard InChI is InChI=1S/C21H30N4O3S2/c1-4-25-17(11-10-15-8-6-5-7-9-15)23-24-21(25)29-13-18(26)22-19-16(20(27)28-3)12-14(2)30-19/h12,15H,4-11,13H2,1-3H3,(H,22,26). The Morgan fingerprint density at radius 3 is 2.77 bits per heavy atom. The minimum atomic E-state index is -0.448. The summed E-state index contributed by atoms with van der Waals surface area (Å²) in [5, 5.41) is 12.8. The van der Waals surface area contributed by atoms with Crippen LogP contribution in [-0.2, 0) is 22.5 Å². The van der Waals surface area contributed by atoms with Gasteiger partial charge in [0.25, 0.3) is 0 Å². The number of nitrogens with zero attached hydrogens (tertiary/aromatic N) is 3. The number of carbonyl (C=O) groups excluding carboxylic acids is 2. The Labute approximate surface area is 186 Å². The number of aromatic nitrogens is 3. The van der Waals surface area contributed by atoms with E-state index in [0.29, 0.717) is 10.6 Å². The summed E-state index contributed by atoms with van der Waals surface area (Å²) in [5.41, 5.74) is 0.389. The monoisotopic (exact) mass is 450 g/mol. The number of amides is 1. The first-order valence-corrected chi connectivity index (χ1v) is 12.4. The van der Waals surface area contributed by atoms with Gasteiger partial charge in [0.2, 0.25) is 5.91 Å². The van der Waals surface area contributed by atoms with E-state index in [4.69, 9.17) is 4.74 Å². The van der Waals surface area contributed by atoms with Gasteiger partial charge in [-0.05, 0) is 32.3 Å². The van der Waals surface area contributed by atoms with E-state index < -0.39 is 5.97 Å². The Kier molecular flexibility index (Phi) is 8.32. The molecule has 164 valence electrons. The summed E-state index contributed by atoms with van der Waals surface area (Å²) in [7, 11) is 1.33. The van der Waals surface area contributed by atoms with E-state index in [2.05, 4.69) is 27.0 Å². The van der Waals surface area contributed by atoms with Crippen LogP contribution >= 0.6 is 23.1 Å². The SMILES string of the molecule is CCn1c(CCC2CCCCC2)nnc1SCC(=O)Nc1sc(C)cc1C(=O)OC. The van der Waals surface area contributed by atoms with E-state index in [1.165, 1.54) is 62.3 Å². The number of methoxy groups -OCH3 is 1. The molecule has 0 unspecified atom stereocenters. The average molecular weight is 451 g/mol. The number of hydrogen-bond donors (Lipinski definition) is 1. The van der Waals surface area contributed by atoms with Crippen LogP contribution in [0.25, 0.3) is 0 Å². The molecule has 2 aromatic rings. The first kappa shape index (κ1) is 22.8. The summed E-state index contributed by atoms with van der Waals surface area (Å²) >= 11 is 2.74. The molecular weight excluding hydrogens is 420 g/mol. The fourth-order valence-electron chi connectivity index (χ4n) is 3.90. The molecule has 9 heteroatoms. The lowest BCUT2D eigenvalue weighted by Crippen LogP contribution is -2.16. The number of aryl methyl sites for hydroxylation is 2. The highest BCUT2D eigenvalue weighted by Crippen LogP contribution is 2.29. The van der Waals surface area contributed by atoms with Crippen molar-refractivity contribution >= 4 is 40.0 Å². The lowest BCUT2D eigenvalue weighted by molar-refractivity contribution is -0.113. The van der Waals surface area contributed by atoms with Crippen molar-refractivity contribution < 1.29 is 14.3 Å². The molecule has 0 radical (unpaired) electrons. The molecular formula is C21H30N4O3S2. The van der Waals surface area contributed by atoms with Crippen LogP contribution in [0, 0.1) is 12.8 Å². The van der Waals surface area contributed by atoms with Gasteiger partial charge < -0.3 is 14.6 Å². The van der Waals surface area contributed by atoms with Crippen molar-refractivity contribution in [1.29, 1.82) is 0 Å². The largest absolute Gasteiger partial charge is 0.465 e. The molecule has 0 saturated heterocycles. The van der Waals surface area contributed by atoms with Gasteiger partial charge in [-0.2, -0.15) is 0 Å². The van der Waals surface area contributed by atoms with Gasteiger partial charge in [-0.15, -0.1) is 21.5 Å². The van der Waals surface area contributed by atoms with E-state index >= 15 is 0 Å². The summed E-state index contributed by atoms with van der Waals surface area (Å²) in [4.78, 5) is 25.3. The Morgan fingerprint density at radius 2 is 2.07 bits per heavy atom. The molecule has 1 aliphatic rings. The molecule has 3 rings (SSSR count). The quantitative estimate of drug-likeness (QED) is 0.440. The zero-order valence-corrected chi connectivity index (χ0v) is 19.5. The lowest BCUT2D eigenvalue weighted by Gasteiger charge is -2.21. The van der Waals surface area contributed by atoms with Crippen molar-refractivity contribution in [1.82, 2.24) is 14.8 Å². The summed E-state index contributed by atoms with van der Waals surface area (Å²) in [5.74, 6) is 1.39. The predicted molar refractivity (Wildman–Crippen MR) is 120 cm³/mol. The summed E-state index contributed by atoms with van der Waals surface area (Å²) in [6, 6.07) is 1.73. The lowest BCUT2D eigenvalue weighted by atomic mass is 9.86. The average Bonchev–Trinajstić information content (AvgIpc) is 3.33.